The Bertz CT molecular complexity index is 305. The molecule has 0 atom stereocenters. The van der Waals surface area contributed by atoms with Gasteiger partial charge in [0.2, 0.25) is 11.9 Å². The number of aromatic nitrogens is 3. The molecule has 0 radical (unpaired) electrons. The van der Waals surface area contributed by atoms with Crippen molar-refractivity contribution in [3.63, 3.8) is 0 Å². The van der Waals surface area contributed by atoms with Crippen molar-refractivity contribution in [1.82, 2.24) is 20.1 Å². The van der Waals surface area contributed by atoms with Crippen LogP contribution in [0.2, 0.25) is 0 Å². The van der Waals surface area contributed by atoms with E-state index in [1.165, 1.54) is 12.8 Å². The van der Waals surface area contributed by atoms with Crippen molar-refractivity contribution in [2.75, 3.05) is 30.7 Å². The Hall–Kier alpha value is -1.30. The second-order valence-electron chi connectivity index (χ2n) is 3.83. The molecule has 0 bridgehead atoms. The van der Waals surface area contributed by atoms with Crippen LogP contribution in [0.3, 0.4) is 0 Å². The summed E-state index contributed by atoms with van der Waals surface area (Å²) in [5, 5.41) is 9.64. The summed E-state index contributed by atoms with van der Waals surface area (Å²) in [5.41, 5.74) is 5.41. The monoisotopic (exact) mass is 210 g/mol. The van der Waals surface area contributed by atoms with E-state index >= 15 is 0 Å². The first kappa shape index (κ1) is 10.2. The van der Waals surface area contributed by atoms with Crippen molar-refractivity contribution in [3.8, 4) is 0 Å². The molecule has 0 saturated heterocycles. The standard InChI is InChI=1S/C9H18N6/c1-2-15(7-3-4-7)6-5-11-9-12-8(10)13-14-9/h7H,2-6H2,1H3,(H4,10,11,12,13,14). The van der Waals surface area contributed by atoms with Gasteiger partial charge in [-0.2, -0.15) is 4.98 Å². The lowest BCUT2D eigenvalue weighted by Gasteiger charge is -2.19. The first-order chi connectivity index (χ1) is 7.29. The number of rotatable bonds is 6. The summed E-state index contributed by atoms with van der Waals surface area (Å²) < 4.78 is 0. The second-order valence-corrected chi connectivity index (χ2v) is 3.83. The van der Waals surface area contributed by atoms with Crippen molar-refractivity contribution < 1.29 is 0 Å². The molecule has 1 aromatic rings. The molecule has 4 N–H and O–H groups in total. The van der Waals surface area contributed by atoms with Crippen LogP contribution in [0.15, 0.2) is 0 Å². The van der Waals surface area contributed by atoms with Crippen LogP contribution in [-0.4, -0.2) is 45.8 Å². The van der Waals surface area contributed by atoms with Gasteiger partial charge in [-0.15, -0.1) is 5.10 Å². The van der Waals surface area contributed by atoms with Crippen molar-refractivity contribution in [2.45, 2.75) is 25.8 Å². The summed E-state index contributed by atoms with van der Waals surface area (Å²) in [7, 11) is 0. The van der Waals surface area contributed by atoms with Gasteiger partial charge in [-0.25, -0.2) is 5.10 Å². The molecule has 1 aromatic heterocycles. The van der Waals surface area contributed by atoms with E-state index in [9.17, 15) is 0 Å². The van der Waals surface area contributed by atoms with Crippen LogP contribution in [-0.2, 0) is 0 Å². The third-order valence-corrected chi connectivity index (χ3v) is 2.65. The highest BCUT2D eigenvalue weighted by molar-refractivity contribution is 5.29. The normalized spacial score (nSPS) is 15.9. The average molecular weight is 210 g/mol. The maximum absolute atomic E-state index is 5.41. The highest BCUT2D eigenvalue weighted by Gasteiger charge is 2.27. The molecule has 84 valence electrons. The quantitative estimate of drug-likeness (QED) is 0.628. The van der Waals surface area contributed by atoms with E-state index in [4.69, 9.17) is 5.73 Å². The van der Waals surface area contributed by atoms with E-state index in [1.807, 2.05) is 0 Å². The van der Waals surface area contributed by atoms with Gasteiger partial charge in [0.05, 0.1) is 0 Å². The van der Waals surface area contributed by atoms with Crippen LogP contribution in [0.1, 0.15) is 19.8 Å². The zero-order valence-electron chi connectivity index (χ0n) is 9.03. The van der Waals surface area contributed by atoms with E-state index in [0.717, 1.165) is 25.7 Å². The van der Waals surface area contributed by atoms with Crippen LogP contribution in [0.25, 0.3) is 0 Å². The van der Waals surface area contributed by atoms with Gasteiger partial charge in [0.1, 0.15) is 0 Å². The van der Waals surface area contributed by atoms with Crippen LogP contribution in [0.4, 0.5) is 11.9 Å². The number of hydrogen-bond donors (Lipinski definition) is 3. The molecule has 1 fully saturated rings. The minimum atomic E-state index is 0.354. The number of H-pyrrole nitrogens is 1. The number of hydrogen-bond acceptors (Lipinski definition) is 5. The molecule has 6 heteroatoms. The summed E-state index contributed by atoms with van der Waals surface area (Å²) in [6.07, 6.45) is 2.70. The summed E-state index contributed by atoms with van der Waals surface area (Å²) in [5.74, 6) is 0.936. The van der Waals surface area contributed by atoms with E-state index in [0.29, 0.717) is 11.9 Å². The van der Waals surface area contributed by atoms with E-state index < -0.39 is 0 Å². The molecule has 2 rings (SSSR count). The van der Waals surface area contributed by atoms with E-state index in [-0.39, 0.29) is 0 Å². The molecular weight excluding hydrogens is 192 g/mol. The number of nitrogens with zero attached hydrogens (tertiary/aromatic N) is 3. The molecule has 0 aromatic carbocycles. The molecule has 0 spiro atoms. The van der Waals surface area contributed by atoms with Crippen molar-refractivity contribution in [2.24, 2.45) is 0 Å². The Morgan fingerprint density at radius 3 is 2.93 bits per heavy atom. The minimum absolute atomic E-state index is 0.354. The molecular formula is C9H18N6. The Labute approximate surface area is 89.2 Å². The molecule has 15 heavy (non-hydrogen) atoms. The number of anilines is 2. The topological polar surface area (TPSA) is 82.9 Å². The van der Waals surface area contributed by atoms with Gasteiger partial charge in [-0.1, -0.05) is 6.92 Å². The molecule has 1 aliphatic rings. The van der Waals surface area contributed by atoms with E-state index in [1.54, 1.807) is 0 Å². The van der Waals surface area contributed by atoms with Crippen molar-refractivity contribution in [3.05, 3.63) is 0 Å². The van der Waals surface area contributed by atoms with Gasteiger partial charge in [-0.3, -0.25) is 4.90 Å². The van der Waals surface area contributed by atoms with Crippen molar-refractivity contribution >= 4 is 11.9 Å². The largest absolute Gasteiger partial charge is 0.368 e. The summed E-state index contributed by atoms with van der Waals surface area (Å²) in [4.78, 5) is 6.45. The Morgan fingerprint density at radius 2 is 2.40 bits per heavy atom. The fourth-order valence-electron chi connectivity index (χ4n) is 1.70. The number of nitrogen functional groups attached to an aromatic ring is 1. The number of aromatic amines is 1. The highest BCUT2D eigenvalue weighted by Crippen LogP contribution is 2.25. The molecule has 1 saturated carbocycles. The predicted octanol–water partition coefficient (Wildman–Crippen LogP) is 0.283. The first-order valence-corrected chi connectivity index (χ1v) is 5.45. The summed E-state index contributed by atoms with van der Waals surface area (Å²) in [6.45, 7) is 5.21. The highest BCUT2D eigenvalue weighted by atomic mass is 15.3. The molecule has 0 aliphatic heterocycles. The molecule has 0 amide bonds. The Morgan fingerprint density at radius 1 is 1.60 bits per heavy atom. The number of nitrogens with one attached hydrogen (secondary N) is 2. The fraction of sp³-hybridized carbons (Fsp3) is 0.778. The zero-order chi connectivity index (χ0) is 10.7. The maximum atomic E-state index is 5.41. The fourth-order valence-corrected chi connectivity index (χ4v) is 1.70. The van der Waals surface area contributed by atoms with Gasteiger partial charge < -0.3 is 11.1 Å². The van der Waals surface area contributed by atoms with Crippen LogP contribution < -0.4 is 11.1 Å². The summed E-state index contributed by atoms with van der Waals surface area (Å²) in [6, 6.07) is 0.814. The average Bonchev–Trinajstić information content (AvgIpc) is 2.98. The Kier molecular flexibility index (Phi) is 3.05. The van der Waals surface area contributed by atoms with Crippen LogP contribution in [0, 0.1) is 0 Å². The third-order valence-electron chi connectivity index (χ3n) is 2.65. The molecule has 6 nitrogen and oxygen atoms in total. The van der Waals surface area contributed by atoms with Crippen LogP contribution >= 0.6 is 0 Å². The van der Waals surface area contributed by atoms with Crippen LogP contribution in [0.5, 0.6) is 0 Å². The second kappa shape index (κ2) is 4.48. The molecule has 1 aliphatic carbocycles. The maximum Gasteiger partial charge on any atom is 0.243 e. The number of nitrogens with two attached hydrogens (primary N) is 1. The van der Waals surface area contributed by atoms with Gasteiger partial charge in [0, 0.05) is 19.1 Å². The SMILES string of the molecule is CCN(CCNc1n[nH]c(N)n1)C1CC1. The zero-order valence-corrected chi connectivity index (χ0v) is 9.03. The van der Waals surface area contributed by atoms with Gasteiger partial charge >= 0.3 is 0 Å². The van der Waals surface area contributed by atoms with Crippen molar-refractivity contribution in [1.29, 1.82) is 0 Å². The van der Waals surface area contributed by atoms with Gasteiger partial charge in [-0.05, 0) is 19.4 Å². The first-order valence-electron chi connectivity index (χ1n) is 5.45. The lowest BCUT2D eigenvalue weighted by atomic mass is 10.4. The van der Waals surface area contributed by atoms with Gasteiger partial charge in [0.15, 0.2) is 0 Å². The lowest BCUT2D eigenvalue weighted by Crippen LogP contribution is -2.31. The minimum Gasteiger partial charge on any atom is -0.368 e. The van der Waals surface area contributed by atoms with Gasteiger partial charge in [0.25, 0.3) is 0 Å². The third kappa shape index (κ3) is 2.82. The predicted molar refractivity (Wildman–Crippen MR) is 59.6 cm³/mol. The smallest absolute Gasteiger partial charge is 0.243 e. The number of likely N-dealkylation sites (N-methyl/N-ethyl adjacent to an activating group) is 1. The van der Waals surface area contributed by atoms with E-state index in [2.05, 4.69) is 32.3 Å². The lowest BCUT2D eigenvalue weighted by molar-refractivity contribution is 0.289. The molecule has 1 heterocycles. The molecule has 0 unspecified atom stereocenters. The summed E-state index contributed by atoms with van der Waals surface area (Å²) >= 11 is 0. The Balaban J connectivity index is 1.69.